The van der Waals surface area contributed by atoms with Gasteiger partial charge in [-0.15, -0.1) is 11.6 Å². The number of alkyl halides is 1. The third kappa shape index (κ3) is 4.73. The van der Waals surface area contributed by atoms with Crippen LogP contribution in [-0.2, 0) is 17.9 Å². The Morgan fingerprint density at radius 3 is 2.32 bits per heavy atom. The van der Waals surface area contributed by atoms with Crippen LogP contribution in [0.15, 0.2) is 103 Å². The van der Waals surface area contributed by atoms with Crippen molar-refractivity contribution in [2.45, 2.75) is 31.0 Å². The number of amides is 1. The van der Waals surface area contributed by atoms with Gasteiger partial charge in [-0.2, -0.15) is 0 Å². The van der Waals surface area contributed by atoms with Crippen LogP contribution in [-0.4, -0.2) is 21.9 Å². The van der Waals surface area contributed by atoms with Crippen LogP contribution in [0.1, 0.15) is 40.2 Å². The van der Waals surface area contributed by atoms with Gasteiger partial charge in [-0.25, -0.2) is 0 Å². The molecule has 1 aliphatic rings. The van der Waals surface area contributed by atoms with Crippen molar-refractivity contribution in [2.24, 2.45) is 0 Å². The number of fused-ring (bicyclic) bond motifs is 1. The molecule has 4 nitrogen and oxygen atoms in total. The van der Waals surface area contributed by atoms with Crippen LogP contribution >= 0.6 is 11.6 Å². The fraction of sp³-hybridized carbons (Fsp3) is 0.207. The second-order valence-electron chi connectivity index (χ2n) is 8.53. The summed E-state index contributed by atoms with van der Waals surface area (Å²) in [5, 5.41) is -0.723. The first kappa shape index (κ1) is 22.3. The number of hydrogen-bond donors (Lipinski definition) is 0. The van der Waals surface area contributed by atoms with E-state index in [1.54, 1.807) is 0 Å². The minimum Gasteiger partial charge on any atom is -0.489 e. The summed E-state index contributed by atoms with van der Waals surface area (Å²) in [6, 6.07) is 31.7. The van der Waals surface area contributed by atoms with Crippen LogP contribution in [0.4, 0.5) is 0 Å². The number of rotatable bonds is 6. The van der Waals surface area contributed by atoms with E-state index >= 15 is 0 Å². The van der Waals surface area contributed by atoms with Gasteiger partial charge in [0.25, 0.3) is 0 Å². The highest BCUT2D eigenvalue weighted by Gasteiger charge is 2.34. The van der Waals surface area contributed by atoms with Crippen molar-refractivity contribution in [1.82, 2.24) is 9.47 Å². The van der Waals surface area contributed by atoms with E-state index in [0.717, 1.165) is 41.1 Å². The van der Waals surface area contributed by atoms with E-state index in [1.807, 2.05) is 83.8 Å². The zero-order valence-corrected chi connectivity index (χ0v) is 19.6. The molecule has 2 atom stereocenters. The predicted molar refractivity (Wildman–Crippen MR) is 135 cm³/mol. The standard InChI is InChI=1S/C29H27ClN2O2/c30-27(23-11-5-2-6-12-23)29(33)32-20-8-19-31-18-7-13-26(31)28(32)24-14-16-25(17-15-24)34-21-22-9-3-1-4-10-22/h1-7,9-18,27-28H,8,19-21H2. The molecule has 2 unspecified atom stereocenters. The number of benzene rings is 3. The Kier molecular flexibility index (Phi) is 6.68. The summed E-state index contributed by atoms with van der Waals surface area (Å²) in [6.45, 7) is 2.04. The molecule has 0 saturated heterocycles. The smallest absolute Gasteiger partial charge is 0.246 e. The number of halogens is 1. The van der Waals surface area contributed by atoms with Crippen LogP contribution in [0.2, 0.25) is 0 Å². The Morgan fingerprint density at radius 2 is 1.59 bits per heavy atom. The third-order valence-electron chi connectivity index (χ3n) is 6.29. The third-order valence-corrected chi connectivity index (χ3v) is 6.73. The molecule has 5 heteroatoms. The summed E-state index contributed by atoms with van der Waals surface area (Å²) in [4.78, 5) is 15.6. The van der Waals surface area contributed by atoms with Crippen LogP contribution in [0.5, 0.6) is 5.75 Å². The molecule has 1 aromatic heterocycles. The second kappa shape index (κ2) is 10.2. The molecule has 1 amide bonds. The van der Waals surface area contributed by atoms with E-state index in [-0.39, 0.29) is 11.9 Å². The molecule has 2 heterocycles. The molecule has 1 aliphatic heterocycles. The minimum atomic E-state index is -0.723. The molecule has 0 radical (unpaired) electrons. The average molecular weight is 471 g/mol. The summed E-state index contributed by atoms with van der Waals surface area (Å²) in [6.07, 6.45) is 2.96. The molecule has 34 heavy (non-hydrogen) atoms. The van der Waals surface area contributed by atoms with Crippen molar-refractivity contribution < 1.29 is 9.53 Å². The monoisotopic (exact) mass is 470 g/mol. The van der Waals surface area contributed by atoms with Gasteiger partial charge in [0.05, 0.1) is 6.04 Å². The molecule has 0 N–H and O–H groups in total. The summed E-state index contributed by atoms with van der Waals surface area (Å²) in [7, 11) is 0. The topological polar surface area (TPSA) is 34.5 Å². The van der Waals surface area contributed by atoms with Gasteiger partial charge < -0.3 is 14.2 Å². The maximum absolute atomic E-state index is 13.7. The Labute approximate surface area is 205 Å². The van der Waals surface area contributed by atoms with E-state index in [1.165, 1.54) is 0 Å². The molecule has 3 aromatic carbocycles. The van der Waals surface area contributed by atoms with Crippen LogP contribution < -0.4 is 4.74 Å². The van der Waals surface area contributed by atoms with Crippen molar-refractivity contribution in [1.29, 1.82) is 0 Å². The molecular weight excluding hydrogens is 444 g/mol. The Hall–Kier alpha value is -3.50. The van der Waals surface area contributed by atoms with Gasteiger partial charge >= 0.3 is 0 Å². The molecule has 5 rings (SSSR count). The normalized spacial score (nSPS) is 16.4. The number of aromatic nitrogens is 1. The Morgan fingerprint density at radius 1 is 0.882 bits per heavy atom. The molecule has 0 bridgehead atoms. The first-order valence-corrected chi connectivity index (χ1v) is 12.1. The largest absolute Gasteiger partial charge is 0.489 e. The lowest BCUT2D eigenvalue weighted by Crippen LogP contribution is -2.37. The summed E-state index contributed by atoms with van der Waals surface area (Å²) in [5.74, 6) is 0.728. The van der Waals surface area contributed by atoms with Crippen molar-refractivity contribution in [3.05, 3.63) is 126 Å². The van der Waals surface area contributed by atoms with Crippen molar-refractivity contribution in [3.63, 3.8) is 0 Å². The van der Waals surface area contributed by atoms with Crippen LogP contribution in [0, 0.1) is 0 Å². The van der Waals surface area contributed by atoms with Crippen LogP contribution in [0.25, 0.3) is 0 Å². The Balaban J connectivity index is 1.42. The fourth-order valence-electron chi connectivity index (χ4n) is 4.56. The van der Waals surface area contributed by atoms with E-state index in [9.17, 15) is 4.79 Å². The van der Waals surface area contributed by atoms with Crippen molar-refractivity contribution >= 4 is 17.5 Å². The van der Waals surface area contributed by atoms with Gasteiger partial charge in [0.1, 0.15) is 17.7 Å². The maximum atomic E-state index is 13.7. The highest BCUT2D eigenvalue weighted by molar-refractivity contribution is 6.30. The average Bonchev–Trinajstić information content (AvgIpc) is 3.28. The molecule has 0 fully saturated rings. The molecule has 0 saturated carbocycles. The fourth-order valence-corrected chi connectivity index (χ4v) is 4.84. The van der Waals surface area contributed by atoms with E-state index in [2.05, 4.69) is 29.0 Å². The second-order valence-corrected chi connectivity index (χ2v) is 8.97. The first-order valence-electron chi connectivity index (χ1n) is 11.6. The van der Waals surface area contributed by atoms with E-state index < -0.39 is 5.38 Å². The van der Waals surface area contributed by atoms with Crippen LogP contribution in [0.3, 0.4) is 0 Å². The quantitative estimate of drug-likeness (QED) is 0.307. The highest BCUT2D eigenvalue weighted by atomic mass is 35.5. The number of carbonyl (C=O) groups is 1. The lowest BCUT2D eigenvalue weighted by atomic mass is 10.0. The number of hydrogen-bond acceptors (Lipinski definition) is 2. The molecule has 4 aromatic rings. The predicted octanol–water partition coefficient (Wildman–Crippen LogP) is 6.37. The molecule has 0 aliphatic carbocycles. The van der Waals surface area contributed by atoms with Gasteiger partial charge in [0.15, 0.2) is 0 Å². The van der Waals surface area contributed by atoms with Gasteiger partial charge in [-0.05, 0) is 47.4 Å². The molecular formula is C29H27ClN2O2. The first-order chi connectivity index (χ1) is 16.7. The minimum absolute atomic E-state index is 0.0723. The van der Waals surface area contributed by atoms with Crippen molar-refractivity contribution in [2.75, 3.05) is 6.54 Å². The van der Waals surface area contributed by atoms with Gasteiger partial charge in [-0.1, -0.05) is 72.8 Å². The number of ether oxygens (including phenoxy) is 1. The Bertz CT molecular complexity index is 1220. The zero-order chi connectivity index (χ0) is 23.3. The maximum Gasteiger partial charge on any atom is 0.246 e. The van der Waals surface area contributed by atoms with Gasteiger partial charge in [0.2, 0.25) is 5.91 Å². The SMILES string of the molecule is O=C(C(Cl)c1ccccc1)N1CCCn2cccc2C1c1ccc(OCc2ccccc2)cc1. The lowest BCUT2D eigenvalue weighted by molar-refractivity contribution is -0.132. The molecule has 172 valence electrons. The number of nitrogens with zero attached hydrogens (tertiary/aromatic N) is 2. The van der Waals surface area contributed by atoms with Gasteiger partial charge in [-0.3, -0.25) is 4.79 Å². The lowest BCUT2D eigenvalue weighted by Gasteiger charge is -2.32. The van der Waals surface area contributed by atoms with E-state index in [4.69, 9.17) is 16.3 Å². The summed E-state index contributed by atoms with van der Waals surface area (Å²) < 4.78 is 8.22. The van der Waals surface area contributed by atoms with Crippen molar-refractivity contribution in [3.8, 4) is 5.75 Å². The zero-order valence-electron chi connectivity index (χ0n) is 18.9. The number of carbonyl (C=O) groups excluding carboxylic acids is 1. The number of aryl methyl sites for hydroxylation is 1. The van der Waals surface area contributed by atoms with E-state index in [0.29, 0.717) is 13.2 Å². The molecule has 0 spiro atoms. The highest BCUT2D eigenvalue weighted by Crippen LogP contribution is 2.36. The summed E-state index contributed by atoms with van der Waals surface area (Å²) >= 11 is 6.70. The summed E-state index contributed by atoms with van der Waals surface area (Å²) in [5.41, 5.74) is 4.08. The van der Waals surface area contributed by atoms with Gasteiger partial charge in [0, 0.05) is 25.0 Å².